The van der Waals surface area contributed by atoms with Crippen LogP contribution in [-0.4, -0.2) is 45.2 Å². The van der Waals surface area contributed by atoms with E-state index in [4.69, 9.17) is 0 Å². The Bertz CT molecular complexity index is 935. The van der Waals surface area contributed by atoms with E-state index in [1.54, 1.807) is 18.3 Å². The van der Waals surface area contributed by atoms with E-state index in [-0.39, 0.29) is 17.2 Å². The van der Waals surface area contributed by atoms with Crippen molar-refractivity contribution in [2.24, 2.45) is 0 Å². The molecule has 11 nitrogen and oxygen atoms in total. The lowest BCUT2D eigenvalue weighted by Gasteiger charge is -2.24. The van der Waals surface area contributed by atoms with Crippen LogP contribution in [0.3, 0.4) is 0 Å². The monoisotopic (exact) mass is 398 g/mol. The van der Waals surface area contributed by atoms with Crippen LogP contribution in [0.15, 0.2) is 48.8 Å². The summed E-state index contributed by atoms with van der Waals surface area (Å²) >= 11 is 0. The zero-order valence-corrected chi connectivity index (χ0v) is 15.2. The van der Waals surface area contributed by atoms with Crippen LogP contribution in [0.1, 0.15) is 23.2 Å². The number of aromatic nitrogens is 1. The Morgan fingerprint density at radius 2 is 2.00 bits per heavy atom. The summed E-state index contributed by atoms with van der Waals surface area (Å²) in [6.07, 6.45) is 4.20. The van der Waals surface area contributed by atoms with E-state index in [0.717, 1.165) is 6.07 Å². The molecular weight excluding hydrogens is 380 g/mol. The van der Waals surface area contributed by atoms with Gasteiger partial charge in [0.1, 0.15) is 6.04 Å². The molecular formula is C18H18N6O5. The Kier molecular flexibility index (Phi) is 5.97. The lowest BCUT2D eigenvalue weighted by molar-refractivity contribution is -0.384. The van der Waals surface area contributed by atoms with E-state index < -0.39 is 22.9 Å². The number of amides is 4. The minimum atomic E-state index is -0.711. The van der Waals surface area contributed by atoms with E-state index in [0.29, 0.717) is 25.1 Å². The number of nitro benzene ring substituents is 1. The summed E-state index contributed by atoms with van der Waals surface area (Å²) in [7, 11) is 0. The smallest absolute Gasteiger partial charge is 0.323 e. The molecule has 1 aromatic heterocycles. The molecule has 11 heteroatoms. The molecule has 1 atom stereocenters. The molecule has 1 aliphatic heterocycles. The number of rotatable bonds is 4. The Hall–Kier alpha value is -4.02. The number of urea groups is 1. The number of carbonyl (C=O) groups excluding carboxylic acids is 3. The maximum absolute atomic E-state index is 12.5. The van der Waals surface area contributed by atoms with Gasteiger partial charge in [0.2, 0.25) is 5.91 Å². The molecule has 29 heavy (non-hydrogen) atoms. The molecule has 0 radical (unpaired) electrons. The second-order valence-electron chi connectivity index (χ2n) is 6.27. The standard InChI is InChI=1S/C18H18N6O5/c25-16(12-4-1-6-14(10-12)24(28)29)21-22-18(27)23-9-3-7-15(23)17(26)20-13-5-2-8-19-11-13/h1-2,4-6,8,10-11,15H,3,7,9H2,(H,20,26)(H,21,25)(H,22,27). The number of nitro groups is 1. The Labute approximate surface area is 165 Å². The van der Waals surface area contributed by atoms with Crippen molar-refractivity contribution in [3.63, 3.8) is 0 Å². The molecule has 1 aromatic carbocycles. The third-order valence-electron chi connectivity index (χ3n) is 4.35. The van der Waals surface area contributed by atoms with Gasteiger partial charge >= 0.3 is 6.03 Å². The van der Waals surface area contributed by atoms with Gasteiger partial charge < -0.3 is 10.2 Å². The average molecular weight is 398 g/mol. The van der Waals surface area contributed by atoms with Crippen LogP contribution in [0.4, 0.5) is 16.2 Å². The summed E-state index contributed by atoms with van der Waals surface area (Å²) in [5, 5.41) is 13.5. The number of hydrazine groups is 1. The predicted molar refractivity (Wildman–Crippen MR) is 102 cm³/mol. The number of carbonyl (C=O) groups is 3. The van der Waals surface area contributed by atoms with E-state index >= 15 is 0 Å². The Balaban J connectivity index is 1.58. The second kappa shape index (κ2) is 8.78. The first-order chi connectivity index (χ1) is 14.0. The van der Waals surface area contributed by atoms with Crippen molar-refractivity contribution in [1.29, 1.82) is 0 Å². The van der Waals surface area contributed by atoms with E-state index in [9.17, 15) is 24.5 Å². The molecule has 150 valence electrons. The van der Waals surface area contributed by atoms with Gasteiger partial charge in [0, 0.05) is 30.4 Å². The van der Waals surface area contributed by atoms with E-state index in [1.807, 2.05) is 0 Å². The van der Waals surface area contributed by atoms with Crippen molar-refractivity contribution in [2.45, 2.75) is 18.9 Å². The van der Waals surface area contributed by atoms with Crippen LogP contribution in [-0.2, 0) is 4.79 Å². The van der Waals surface area contributed by atoms with E-state index in [1.165, 1.54) is 29.3 Å². The number of nitrogens with one attached hydrogen (secondary N) is 3. The fraction of sp³-hybridized carbons (Fsp3) is 0.222. The van der Waals surface area contributed by atoms with Gasteiger partial charge in [-0.25, -0.2) is 10.2 Å². The molecule has 0 saturated carbocycles. The minimum absolute atomic E-state index is 0.0202. The number of pyridine rings is 1. The van der Waals surface area contributed by atoms with Gasteiger partial charge in [-0.15, -0.1) is 0 Å². The number of non-ortho nitro benzene ring substituents is 1. The van der Waals surface area contributed by atoms with Crippen LogP contribution in [0.2, 0.25) is 0 Å². The second-order valence-corrected chi connectivity index (χ2v) is 6.27. The normalized spacial score (nSPS) is 15.4. The minimum Gasteiger partial charge on any atom is -0.323 e. The largest absolute Gasteiger partial charge is 0.336 e. The molecule has 2 aromatic rings. The van der Waals surface area contributed by atoms with Crippen LogP contribution in [0.5, 0.6) is 0 Å². The average Bonchev–Trinajstić information content (AvgIpc) is 3.23. The summed E-state index contributed by atoms with van der Waals surface area (Å²) in [6, 6.07) is 7.13. The predicted octanol–water partition coefficient (Wildman–Crippen LogP) is 1.45. The summed E-state index contributed by atoms with van der Waals surface area (Å²) in [5.41, 5.74) is 4.75. The molecule has 1 unspecified atom stereocenters. The summed E-state index contributed by atoms with van der Waals surface area (Å²) in [5.74, 6) is -1.06. The molecule has 1 aliphatic rings. The first kappa shape index (κ1) is 19.7. The SMILES string of the molecule is O=C(NNC(=O)N1CCCC1C(=O)Nc1cccnc1)c1cccc([N+](=O)[O-])c1. The van der Waals surface area contributed by atoms with Crippen LogP contribution in [0.25, 0.3) is 0 Å². The highest BCUT2D eigenvalue weighted by atomic mass is 16.6. The van der Waals surface area contributed by atoms with Crippen molar-refractivity contribution < 1.29 is 19.3 Å². The molecule has 1 fully saturated rings. The lowest BCUT2D eigenvalue weighted by atomic mass is 10.2. The zero-order valence-electron chi connectivity index (χ0n) is 15.2. The number of nitrogens with zero attached hydrogens (tertiary/aromatic N) is 3. The maximum Gasteiger partial charge on any atom is 0.336 e. The van der Waals surface area contributed by atoms with Gasteiger partial charge in [-0.3, -0.25) is 30.1 Å². The first-order valence-corrected chi connectivity index (χ1v) is 8.78. The highest BCUT2D eigenvalue weighted by Crippen LogP contribution is 2.19. The fourth-order valence-electron chi connectivity index (χ4n) is 2.96. The quantitative estimate of drug-likeness (QED) is 0.525. The number of benzene rings is 1. The Morgan fingerprint density at radius 1 is 1.17 bits per heavy atom. The van der Waals surface area contributed by atoms with E-state index in [2.05, 4.69) is 21.2 Å². The van der Waals surface area contributed by atoms with Crippen molar-refractivity contribution >= 4 is 29.2 Å². The highest BCUT2D eigenvalue weighted by molar-refractivity contribution is 5.98. The van der Waals surface area contributed by atoms with Crippen molar-refractivity contribution in [2.75, 3.05) is 11.9 Å². The molecule has 0 aliphatic carbocycles. The van der Waals surface area contributed by atoms with Gasteiger partial charge in [-0.1, -0.05) is 6.07 Å². The van der Waals surface area contributed by atoms with Crippen molar-refractivity contribution in [3.05, 3.63) is 64.5 Å². The molecule has 2 heterocycles. The molecule has 3 N–H and O–H groups in total. The maximum atomic E-state index is 12.5. The first-order valence-electron chi connectivity index (χ1n) is 8.78. The number of likely N-dealkylation sites (tertiary alicyclic amines) is 1. The highest BCUT2D eigenvalue weighted by Gasteiger charge is 2.34. The third kappa shape index (κ3) is 4.83. The lowest BCUT2D eigenvalue weighted by Crippen LogP contribution is -2.52. The van der Waals surface area contributed by atoms with Gasteiger partial charge in [0.05, 0.1) is 16.8 Å². The zero-order chi connectivity index (χ0) is 20.8. The van der Waals surface area contributed by atoms with Gasteiger partial charge in [0.15, 0.2) is 0 Å². The molecule has 3 rings (SSSR count). The van der Waals surface area contributed by atoms with Crippen LogP contribution in [0, 0.1) is 10.1 Å². The summed E-state index contributed by atoms with van der Waals surface area (Å²) in [6.45, 7) is 0.351. The van der Waals surface area contributed by atoms with Crippen LogP contribution >= 0.6 is 0 Å². The number of hydrogen-bond acceptors (Lipinski definition) is 6. The molecule has 0 spiro atoms. The fourth-order valence-corrected chi connectivity index (χ4v) is 2.96. The van der Waals surface area contributed by atoms with Crippen LogP contribution < -0.4 is 16.2 Å². The van der Waals surface area contributed by atoms with Crippen molar-refractivity contribution in [1.82, 2.24) is 20.7 Å². The Morgan fingerprint density at radius 3 is 2.72 bits per heavy atom. The topological polar surface area (TPSA) is 147 Å². The summed E-state index contributed by atoms with van der Waals surface area (Å²) in [4.78, 5) is 52.5. The summed E-state index contributed by atoms with van der Waals surface area (Å²) < 4.78 is 0. The molecule has 4 amide bonds. The molecule has 1 saturated heterocycles. The van der Waals surface area contributed by atoms with Crippen molar-refractivity contribution in [3.8, 4) is 0 Å². The number of hydrogen-bond donors (Lipinski definition) is 3. The molecule has 0 bridgehead atoms. The van der Waals surface area contributed by atoms with Gasteiger partial charge in [0.25, 0.3) is 11.6 Å². The van der Waals surface area contributed by atoms with Gasteiger partial charge in [-0.05, 0) is 31.0 Å². The number of anilines is 1. The van der Waals surface area contributed by atoms with Gasteiger partial charge in [-0.2, -0.15) is 0 Å². The third-order valence-corrected chi connectivity index (χ3v) is 4.35.